The first-order valence-electron chi connectivity index (χ1n) is 6.57. The van der Waals surface area contributed by atoms with Crippen molar-refractivity contribution in [2.75, 3.05) is 12.9 Å². The summed E-state index contributed by atoms with van der Waals surface area (Å²) in [4.78, 5) is 10.8. The number of benzene rings is 1. The van der Waals surface area contributed by atoms with Crippen molar-refractivity contribution in [1.82, 2.24) is 5.32 Å². The van der Waals surface area contributed by atoms with Gasteiger partial charge in [-0.25, -0.2) is 0 Å². The summed E-state index contributed by atoms with van der Waals surface area (Å²) < 4.78 is 27.0. The Hall–Kier alpha value is -0.820. The first-order chi connectivity index (χ1) is 10.1. The molecule has 5 nitrogen and oxygen atoms in total. The summed E-state index contributed by atoms with van der Waals surface area (Å²) in [5, 5.41) is 3.57. The molecule has 0 spiro atoms. The molecule has 1 atom stereocenters. The normalized spacial score (nSPS) is 13.7. The van der Waals surface area contributed by atoms with Crippen LogP contribution in [0.15, 0.2) is 18.2 Å². The van der Waals surface area contributed by atoms with Crippen LogP contribution < -0.4 is 5.32 Å². The average molecular weight is 368 g/mol. The van der Waals surface area contributed by atoms with E-state index in [4.69, 9.17) is 27.4 Å². The van der Waals surface area contributed by atoms with Gasteiger partial charge in [-0.15, -0.1) is 0 Å². The van der Waals surface area contributed by atoms with E-state index in [2.05, 4.69) is 5.32 Å². The molecule has 1 unspecified atom stereocenters. The molecule has 8 heteroatoms. The van der Waals surface area contributed by atoms with E-state index < -0.39 is 15.7 Å². The molecule has 1 N–H and O–H groups in total. The number of hydrogen-bond donors (Lipinski definition) is 1. The third-order valence-electron chi connectivity index (χ3n) is 3.35. The zero-order chi connectivity index (χ0) is 17.0. The van der Waals surface area contributed by atoms with Crippen LogP contribution in [-0.2, 0) is 19.1 Å². The van der Waals surface area contributed by atoms with Crippen molar-refractivity contribution in [3.8, 4) is 0 Å². The highest BCUT2D eigenvalue weighted by molar-refractivity contribution is 7.85. The molecule has 0 bridgehead atoms. The van der Waals surface area contributed by atoms with E-state index in [0.717, 1.165) is 11.8 Å². The molecule has 0 saturated heterocycles. The van der Waals surface area contributed by atoms with Crippen molar-refractivity contribution in [3.63, 3.8) is 0 Å². The van der Waals surface area contributed by atoms with Gasteiger partial charge in [0.2, 0.25) is 6.41 Å². The number of hydrogen-bond acceptors (Lipinski definition) is 4. The van der Waals surface area contributed by atoms with Crippen LogP contribution >= 0.6 is 23.2 Å². The van der Waals surface area contributed by atoms with E-state index in [0.29, 0.717) is 22.9 Å². The highest BCUT2D eigenvalue weighted by Gasteiger charge is 2.30. The van der Waals surface area contributed by atoms with E-state index >= 15 is 0 Å². The van der Waals surface area contributed by atoms with E-state index in [9.17, 15) is 13.2 Å². The Balaban J connectivity index is 3.04. The van der Waals surface area contributed by atoms with E-state index in [1.54, 1.807) is 18.2 Å². The average Bonchev–Trinajstić information content (AvgIpc) is 2.36. The van der Waals surface area contributed by atoms with Crippen LogP contribution in [0.3, 0.4) is 0 Å². The van der Waals surface area contributed by atoms with E-state index in [1.165, 1.54) is 0 Å². The van der Waals surface area contributed by atoms with Gasteiger partial charge in [0.1, 0.15) is 0 Å². The molecular weight excluding hydrogens is 349 g/mol. The zero-order valence-corrected chi connectivity index (χ0v) is 14.9. The van der Waals surface area contributed by atoms with Gasteiger partial charge >= 0.3 is 0 Å². The van der Waals surface area contributed by atoms with Crippen molar-refractivity contribution in [2.24, 2.45) is 0 Å². The maximum atomic E-state index is 11.1. The molecule has 0 aliphatic rings. The van der Waals surface area contributed by atoms with Gasteiger partial charge in [0.15, 0.2) is 0 Å². The van der Waals surface area contributed by atoms with Crippen LogP contribution in [0.4, 0.5) is 0 Å². The van der Waals surface area contributed by atoms with E-state index in [1.807, 2.05) is 13.8 Å². The largest absolute Gasteiger partial charge is 0.353 e. The minimum atomic E-state index is -3.51. The van der Waals surface area contributed by atoms with Gasteiger partial charge < -0.3 is 5.32 Å². The first kappa shape index (κ1) is 19.2. The Labute approximate surface area is 141 Å². The molecule has 1 aromatic carbocycles. The van der Waals surface area contributed by atoms with Crippen molar-refractivity contribution < 1.29 is 17.4 Å². The quantitative estimate of drug-likeness (QED) is 0.566. The maximum absolute atomic E-state index is 11.1. The van der Waals surface area contributed by atoms with Crippen molar-refractivity contribution in [2.45, 2.75) is 31.7 Å². The molecule has 0 fully saturated rings. The second kappa shape index (κ2) is 7.64. The molecule has 0 aliphatic heterocycles. The lowest BCUT2D eigenvalue weighted by atomic mass is 9.80. The van der Waals surface area contributed by atoms with Crippen LogP contribution in [0, 0.1) is 0 Å². The molecule has 1 amide bonds. The molecule has 0 aromatic heterocycles. The second-order valence-corrected chi connectivity index (χ2v) is 7.98. The maximum Gasteiger partial charge on any atom is 0.264 e. The minimum Gasteiger partial charge on any atom is -0.353 e. The SMILES string of the molecule is CC(C)(NC=O)C(CCOS(C)(=O)=O)c1ccc(Cl)c(Cl)c1. The summed E-state index contributed by atoms with van der Waals surface area (Å²) in [6.45, 7) is 3.69. The number of nitrogens with one attached hydrogen (secondary N) is 1. The summed E-state index contributed by atoms with van der Waals surface area (Å²) >= 11 is 12.0. The van der Waals surface area contributed by atoms with Gasteiger partial charge in [0.05, 0.1) is 22.9 Å². The molecule has 0 saturated carbocycles. The zero-order valence-electron chi connectivity index (χ0n) is 12.6. The Kier molecular flexibility index (Phi) is 6.67. The van der Waals surface area contributed by atoms with Crippen LogP contribution in [0.1, 0.15) is 31.7 Å². The number of amides is 1. The van der Waals surface area contributed by atoms with Gasteiger partial charge in [-0.1, -0.05) is 29.3 Å². The lowest BCUT2D eigenvalue weighted by Crippen LogP contribution is -2.44. The molecule has 0 radical (unpaired) electrons. The first-order valence-corrected chi connectivity index (χ1v) is 9.15. The Morgan fingerprint density at radius 2 is 1.95 bits per heavy atom. The summed E-state index contributed by atoms with van der Waals surface area (Å²) in [6.07, 6.45) is 2.00. The van der Waals surface area contributed by atoms with Gasteiger partial charge in [-0.2, -0.15) is 8.42 Å². The summed E-state index contributed by atoms with van der Waals surface area (Å²) in [7, 11) is -3.51. The molecule has 22 heavy (non-hydrogen) atoms. The molecule has 1 rings (SSSR count). The van der Waals surface area contributed by atoms with Crippen LogP contribution in [-0.4, -0.2) is 33.2 Å². The lowest BCUT2D eigenvalue weighted by Gasteiger charge is -2.34. The predicted octanol–water partition coefficient (Wildman–Crippen LogP) is 2.97. The Morgan fingerprint density at radius 3 is 2.45 bits per heavy atom. The smallest absolute Gasteiger partial charge is 0.264 e. The second-order valence-electron chi connectivity index (χ2n) is 5.52. The predicted molar refractivity (Wildman–Crippen MR) is 87.9 cm³/mol. The standard InChI is InChI=1S/C14H19Cl2NO4S/c1-14(2,17-9-18)11(6-7-21-22(3,19)20)10-4-5-12(15)13(16)8-10/h4-5,8-9,11H,6-7H2,1-3H3,(H,17,18). The fourth-order valence-corrected chi connectivity index (χ4v) is 2.95. The Bertz CT molecular complexity index is 632. The third-order valence-corrected chi connectivity index (χ3v) is 4.69. The third kappa shape index (κ3) is 5.76. The lowest BCUT2D eigenvalue weighted by molar-refractivity contribution is -0.111. The summed E-state index contributed by atoms with van der Waals surface area (Å²) in [5.74, 6) is -0.200. The molecule has 0 aliphatic carbocycles. The number of carbonyl (C=O) groups is 1. The highest BCUT2D eigenvalue weighted by atomic mass is 35.5. The number of carbonyl (C=O) groups excluding carboxylic acids is 1. The fourth-order valence-electron chi connectivity index (χ4n) is 2.24. The van der Waals surface area contributed by atoms with Crippen molar-refractivity contribution in [3.05, 3.63) is 33.8 Å². The summed E-state index contributed by atoms with van der Waals surface area (Å²) in [6, 6.07) is 5.18. The number of rotatable bonds is 8. The molecule has 124 valence electrons. The fraction of sp³-hybridized carbons (Fsp3) is 0.500. The van der Waals surface area contributed by atoms with E-state index in [-0.39, 0.29) is 12.5 Å². The van der Waals surface area contributed by atoms with Crippen LogP contribution in [0.25, 0.3) is 0 Å². The Morgan fingerprint density at radius 1 is 1.32 bits per heavy atom. The van der Waals surface area contributed by atoms with Gasteiger partial charge in [-0.05, 0) is 38.0 Å². The van der Waals surface area contributed by atoms with Crippen LogP contribution in [0.2, 0.25) is 10.0 Å². The van der Waals surface area contributed by atoms with Crippen molar-refractivity contribution >= 4 is 39.7 Å². The molecular formula is C14H19Cl2NO4S. The molecule has 0 heterocycles. The minimum absolute atomic E-state index is 0.00765. The number of halogens is 2. The van der Waals surface area contributed by atoms with Crippen molar-refractivity contribution in [1.29, 1.82) is 0 Å². The highest BCUT2D eigenvalue weighted by Crippen LogP contribution is 2.34. The summed E-state index contributed by atoms with van der Waals surface area (Å²) in [5.41, 5.74) is 0.227. The molecule has 1 aromatic rings. The van der Waals surface area contributed by atoms with Gasteiger partial charge in [-0.3, -0.25) is 8.98 Å². The van der Waals surface area contributed by atoms with Gasteiger partial charge in [0, 0.05) is 11.5 Å². The monoisotopic (exact) mass is 367 g/mol. The van der Waals surface area contributed by atoms with Crippen LogP contribution in [0.5, 0.6) is 0 Å². The topological polar surface area (TPSA) is 72.5 Å². The van der Waals surface area contributed by atoms with Gasteiger partial charge in [0.25, 0.3) is 10.1 Å².